The molecule has 24 heavy (non-hydrogen) atoms. The van der Waals surface area contributed by atoms with Gasteiger partial charge in [0.2, 0.25) is 0 Å². The summed E-state index contributed by atoms with van der Waals surface area (Å²) in [4.78, 5) is 2.41. The van der Waals surface area contributed by atoms with Crippen molar-refractivity contribution in [2.75, 3.05) is 19.6 Å². The van der Waals surface area contributed by atoms with Crippen LogP contribution in [0.3, 0.4) is 0 Å². The van der Waals surface area contributed by atoms with Crippen LogP contribution in [0.4, 0.5) is 0 Å². The van der Waals surface area contributed by atoms with Crippen molar-refractivity contribution in [3.63, 3.8) is 0 Å². The summed E-state index contributed by atoms with van der Waals surface area (Å²) in [5.41, 5.74) is 1.16. The first-order valence-corrected chi connectivity index (χ1v) is 10.2. The van der Waals surface area contributed by atoms with Crippen molar-refractivity contribution in [2.24, 2.45) is 0 Å². The van der Waals surface area contributed by atoms with Gasteiger partial charge in [-0.15, -0.1) is 0 Å². The van der Waals surface area contributed by atoms with Gasteiger partial charge in [0.05, 0.1) is 10.0 Å². The van der Waals surface area contributed by atoms with Crippen LogP contribution in [-0.2, 0) is 0 Å². The highest BCUT2D eigenvalue weighted by atomic mass is 35.5. The molecule has 0 fully saturated rings. The quantitative estimate of drug-likeness (QED) is 0.275. The molecule has 0 saturated heterocycles. The molecule has 0 aliphatic carbocycles. The lowest BCUT2D eigenvalue weighted by Gasteiger charge is -2.18. The lowest BCUT2D eigenvalue weighted by molar-refractivity contribution is 0.337. The number of allylic oxidation sites excluding steroid dienone is 1. The van der Waals surface area contributed by atoms with E-state index in [0.717, 1.165) is 31.6 Å². The third kappa shape index (κ3) is 7.59. The zero-order valence-electron chi connectivity index (χ0n) is 15.5. The molecule has 0 saturated carbocycles. The van der Waals surface area contributed by atoms with Gasteiger partial charge in [-0.2, -0.15) is 0 Å². The van der Waals surface area contributed by atoms with Crippen LogP contribution in [-0.4, -0.2) is 24.5 Å². The van der Waals surface area contributed by atoms with Gasteiger partial charge in [-0.1, -0.05) is 100 Å². The number of benzene rings is 1. The molecule has 1 rings (SSSR count). The standard InChI is InChI=1S/C21H33Cl2N/c1-4-7-8-9-10-13-18(14-12-17-24(5-2)6-3)19-15-11-16-20(22)21(19)23/h11-12,14-16,18H,4-10,13,17H2,1-3H3. The van der Waals surface area contributed by atoms with E-state index in [9.17, 15) is 0 Å². The van der Waals surface area contributed by atoms with E-state index < -0.39 is 0 Å². The van der Waals surface area contributed by atoms with Gasteiger partial charge in [-0.05, 0) is 31.1 Å². The Bertz CT molecular complexity index is 481. The number of rotatable bonds is 12. The molecule has 1 nitrogen and oxygen atoms in total. The Balaban J connectivity index is 2.75. The van der Waals surface area contributed by atoms with Gasteiger partial charge < -0.3 is 4.90 Å². The van der Waals surface area contributed by atoms with Crippen LogP contribution in [0.25, 0.3) is 0 Å². The molecule has 0 aromatic heterocycles. The van der Waals surface area contributed by atoms with Gasteiger partial charge >= 0.3 is 0 Å². The smallest absolute Gasteiger partial charge is 0.0630 e. The fourth-order valence-electron chi connectivity index (χ4n) is 2.99. The highest BCUT2D eigenvalue weighted by Gasteiger charge is 2.13. The number of halogens is 2. The van der Waals surface area contributed by atoms with E-state index in [1.54, 1.807) is 0 Å². The van der Waals surface area contributed by atoms with E-state index in [0.29, 0.717) is 16.0 Å². The highest BCUT2D eigenvalue weighted by molar-refractivity contribution is 6.42. The Morgan fingerprint density at radius 2 is 1.71 bits per heavy atom. The van der Waals surface area contributed by atoms with E-state index in [-0.39, 0.29) is 0 Å². The van der Waals surface area contributed by atoms with Gasteiger partial charge in [0.25, 0.3) is 0 Å². The molecule has 0 spiro atoms. The first-order valence-electron chi connectivity index (χ1n) is 9.46. The Labute approximate surface area is 159 Å². The summed E-state index contributed by atoms with van der Waals surface area (Å²) in [5.74, 6) is 0.355. The van der Waals surface area contributed by atoms with Gasteiger partial charge in [0.15, 0.2) is 0 Å². The molecule has 0 heterocycles. The minimum absolute atomic E-state index is 0.355. The van der Waals surface area contributed by atoms with Crippen LogP contribution < -0.4 is 0 Å². The zero-order chi connectivity index (χ0) is 17.8. The van der Waals surface area contributed by atoms with Crippen molar-refractivity contribution >= 4 is 23.2 Å². The summed E-state index contributed by atoms with van der Waals surface area (Å²) in [6, 6.07) is 5.99. The molecule has 1 atom stereocenters. The SMILES string of the molecule is CCCCCCCC(C=CCN(CC)CC)c1cccc(Cl)c1Cl. The van der Waals surface area contributed by atoms with Gasteiger partial charge in [0, 0.05) is 12.5 Å². The molecule has 1 aromatic carbocycles. The Morgan fingerprint density at radius 3 is 2.38 bits per heavy atom. The van der Waals surface area contributed by atoms with Crippen LogP contribution in [0.5, 0.6) is 0 Å². The first-order chi connectivity index (χ1) is 11.6. The van der Waals surface area contributed by atoms with Crippen molar-refractivity contribution in [1.82, 2.24) is 4.90 Å². The molecular weight excluding hydrogens is 337 g/mol. The van der Waals surface area contributed by atoms with Crippen molar-refractivity contribution in [2.45, 2.75) is 65.2 Å². The first kappa shape index (κ1) is 21.5. The molecule has 1 aromatic rings. The predicted octanol–water partition coefficient (Wildman–Crippen LogP) is 7.34. The fraction of sp³-hybridized carbons (Fsp3) is 0.619. The third-order valence-electron chi connectivity index (χ3n) is 4.63. The number of unbranched alkanes of at least 4 members (excludes halogenated alkanes) is 4. The third-order valence-corrected chi connectivity index (χ3v) is 5.46. The molecule has 0 N–H and O–H groups in total. The number of hydrogen-bond donors (Lipinski definition) is 0. The summed E-state index contributed by atoms with van der Waals surface area (Å²) >= 11 is 12.7. The maximum atomic E-state index is 6.47. The predicted molar refractivity (Wildman–Crippen MR) is 110 cm³/mol. The van der Waals surface area contributed by atoms with E-state index in [1.165, 1.54) is 32.1 Å². The second-order valence-corrected chi connectivity index (χ2v) is 7.15. The van der Waals surface area contributed by atoms with Gasteiger partial charge in [-0.3, -0.25) is 0 Å². The molecule has 0 aliphatic rings. The van der Waals surface area contributed by atoms with Crippen LogP contribution in [0, 0.1) is 0 Å². The van der Waals surface area contributed by atoms with Crippen molar-refractivity contribution in [3.8, 4) is 0 Å². The van der Waals surface area contributed by atoms with Crippen LogP contribution >= 0.6 is 23.2 Å². The topological polar surface area (TPSA) is 3.24 Å². The summed E-state index contributed by atoms with van der Waals surface area (Å²) in [5, 5.41) is 1.37. The second kappa shape index (κ2) is 12.8. The fourth-order valence-corrected chi connectivity index (χ4v) is 3.43. The maximum Gasteiger partial charge on any atom is 0.0630 e. The molecule has 0 radical (unpaired) electrons. The highest BCUT2D eigenvalue weighted by Crippen LogP contribution is 2.34. The average molecular weight is 370 g/mol. The van der Waals surface area contributed by atoms with E-state index in [1.807, 2.05) is 12.1 Å². The summed E-state index contributed by atoms with van der Waals surface area (Å²) < 4.78 is 0. The van der Waals surface area contributed by atoms with Crippen LogP contribution in [0.2, 0.25) is 10.0 Å². The van der Waals surface area contributed by atoms with Crippen molar-refractivity contribution in [1.29, 1.82) is 0 Å². The molecule has 1 unspecified atom stereocenters. The largest absolute Gasteiger partial charge is 0.300 e. The van der Waals surface area contributed by atoms with Crippen molar-refractivity contribution < 1.29 is 0 Å². The molecule has 0 bridgehead atoms. The molecule has 3 heteroatoms. The zero-order valence-corrected chi connectivity index (χ0v) is 17.0. The van der Waals surface area contributed by atoms with Gasteiger partial charge in [0.1, 0.15) is 0 Å². The molecular formula is C21H33Cl2N. The molecule has 0 aliphatic heterocycles. The lowest BCUT2D eigenvalue weighted by Crippen LogP contribution is -2.22. The minimum Gasteiger partial charge on any atom is -0.300 e. The van der Waals surface area contributed by atoms with Crippen LogP contribution in [0.1, 0.15) is 70.8 Å². The summed E-state index contributed by atoms with van der Waals surface area (Å²) in [6.45, 7) is 9.83. The Hall–Kier alpha value is -0.500. The normalized spacial score (nSPS) is 13.1. The monoisotopic (exact) mass is 369 g/mol. The number of nitrogens with zero attached hydrogens (tertiary/aromatic N) is 1. The van der Waals surface area contributed by atoms with Crippen molar-refractivity contribution in [3.05, 3.63) is 46.0 Å². The van der Waals surface area contributed by atoms with E-state index in [4.69, 9.17) is 23.2 Å². The molecule has 0 amide bonds. The second-order valence-electron chi connectivity index (χ2n) is 6.37. The Morgan fingerprint density at radius 1 is 1.00 bits per heavy atom. The van der Waals surface area contributed by atoms with E-state index in [2.05, 4.69) is 43.9 Å². The lowest BCUT2D eigenvalue weighted by atomic mass is 9.92. The van der Waals surface area contributed by atoms with E-state index >= 15 is 0 Å². The summed E-state index contributed by atoms with van der Waals surface area (Å²) in [7, 11) is 0. The number of likely N-dealkylation sites (N-methyl/N-ethyl adjacent to an activating group) is 1. The van der Waals surface area contributed by atoms with Gasteiger partial charge in [-0.25, -0.2) is 0 Å². The molecule has 136 valence electrons. The van der Waals surface area contributed by atoms with Crippen LogP contribution in [0.15, 0.2) is 30.4 Å². The maximum absolute atomic E-state index is 6.47. The minimum atomic E-state index is 0.355. The average Bonchev–Trinajstić information content (AvgIpc) is 2.59. The number of hydrogen-bond acceptors (Lipinski definition) is 1. The summed E-state index contributed by atoms with van der Waals surface area (Å²) in [6.07, 6.45) is 12.2. The Kier molecular flexibility index (Phi) is 11.5.